The summed E-state index contributed by atoms with van der Waals surface area (Å²) >= 11 is 0. The molecule has 0 aliphatic carbocycles. The van der Waals surface area contributed by atoms with Crippen LogP contribution < -0.4 is 26.6 Å². The van der Waals surface area contributed by atoms with E-state index >= 15 is 0 Å². The number of rotatable bonds is 13. The summed E-state index contributed by atoms with van der Waals surface area (Å²) in [4.78, 5) is 54.4. The van der Waals surface area contributed by atoms with Crippen LogP contribution in [0.1, 0.15) is 58.0 Å². The van der Waals surface area contributed by atoms with Crippen LogP contribution in [0, 0.1) is 0 Å². The first-order valence-electron chi connectivity index (χ1n) is 14.6. The van der Waals surface area contributed by atoms with Gasteiger partial charge < -0.3 is 35.7 Å². The Balaban J connectivity index is 1.23. The van der Waals surface area contributed by atoms with Crippen molar-refractivity contribution in [3.8, 4) is 5.88 Å². The maximum absolute atomic E-state index is 13.4. The molecule has 6 N–H and O–H groups in total. The minimum Gasteiger partial charge on any atom is -0.481 e. The number of nitrogens with zero attached hydrogens (tertiary/aromatic N) is 5. The molecule has 3 aromatic heterocycles. The Hall–Kier alpha value is -4.98. The molecule has 1 fully saturated rings. The molecule has 0 aromatic carbocycles. The van der Waals surface area contributed by atoms with Gasteiger partial charge in [-0.15, -0.1) is 0 Å². The summed E-state index contributed by atoms with van der Waals surface area (Å²) in [6.45, 7) is 2.55. The van der Waals surface area contributed by atoms with Crippen molar-refractivity contribution in [3.63, 3.8) is 0 Å². The molecule has 1 atom stereocenters. The van der Waals surface area contributed by atoms with Crippen molar-refractivity contribution in [1.29, 1.82) is 0 Å². The molecule has 3 aromatic rings. The van der Waals surface area contributed by atoms with Crippen molar-refractivity contribution in [2.24, 2.45) is 5.84 Å². The van der Waals surface area contributed by atoms with E-state index in [1.807, 2.05) is 0 Å². The second kappa shape index (κ2) is 14.0. The highest BCUT2D eigenvalue weighted by Gasteiger charge is 2.35. The molecule has 5 heterocycles. The SMILES string of the molecule is COc1ccc([C@H](CC(=O)O)N2CCN(CCCc3nc4c(cc3CNC(=O)c3ccc(NN)nc3)CCCN4)C2=O)cn1. The van der Waals surface area contributed by atoms with Crippen molar-refractivity contribution in [2.45, 2.75) is 44.7 Å². The third-order valence-corrected chi connectivity index (χ3v) is 7.86. The largest absolute Gasteiger partial charge is 0.481 e. The summed E-state index contributed by atoms with van der Waals surface area (Å²) in [6.07, 6.45) is 5.97. The highest BCUT2D eigenvalue weighted by atomic mass is 16.5. The molecular weight excluding hydrogens is 566 g/mol. The number of ether oxygens (including phenoxy) is 1. The van der Waals surface area contributed by atoms with Gasteiger partial charge in [0, 0.05) is 56.9 Å². The summed E-state index contributed by atoms with van der Waals surface area (Å²) in [5.41, 5.74) is 6.41. The van der Waals surface area contributed by atoms with Crippen molar-refractivity contribution >= 4 is 29.5 Å². The minimum atomic E-state index is -0.996. The minimum absolute atomic E-state index is 0.205. The molecule has 2 aliphatic rings. The number of aryl methyl sites for hydroxylation is 2. The third-order valence-electron chi connectivity index (χ3n) is 7.86. The van der Waals surface area contributed by atoms with E-state index in [2.05, 4.69) is 32.1 Å². The van der Waals surface area contributed by atoms with Gasteiger partial charge in [0.2, 0.25) is 5.88 Å². The number of aliphatic carboxylic acids is 1. The van der Waals surface area contributed by atoms with E-state index in [1.165, 1.54) is 13.3 Å². The zero-order valence-corrected chi connectivity index (χ0v) is 24.6. The van der Waals surface area contributed by atoms with Gasteiger partial charge in [-0.3, -0.25) is 9.59 Å². The number of hydrogen-bond donors (Lipinski definition) is 5. The van der Waals surface area contributed by atoms with Gasteiger partial charge in [-0.25, -0.2) is 25.6 Å². The molecule has 1 saturated heterocycles. The number of anilines is 2. The van der Waals surface area contributed by atoms with E-state index in [1.54, 1.807) is 40.3 Å². The van der Waals surface area contributed by atoms with Crippen LogP contribution in [-0.2, 0) is 24.2 Å². The predicted octanol–water partition coefficient (Wildman–Crippen LogP) is 2.34. The number of hydrogen-bond acceptors (Lipinski definition) is 10. The number of aromatic nitrogens is 3. The summed E-state index contributed by atoms with van der Waals surface area (Å²) in [6, 6.07) is 7.95. The van der Waals surface area contributed by atoms with Gasteiger partial charge in [-0.05, 0) is 60.6 Å². The van der Waals surface area contributed by atoms with Crippen LogP contribution in [0.15, 0.2) is 42.7 Å². The Morgan fingerprint density at radius 1 is 1.18 bits per heavy atom. The van der Waals surface area contributed by atoms with Crippen LogP contribution in [-0.4, -0.2) is 81.1 Å². The Kier molecular flexibility index (Phi) is 9.69. The Labute approximate surface area is 255 Å². The van der Waals surface area contributed by atoms with Crippen LogP contribution in [0.5, 0.6) is 5.88 Å². The number of fused-ring (bicyclic) bond motifs is 1. The van der Waals surface area contributed by atoms with Gasteiger partial charge in [-0.2, -0.15) is 0 Å². The maximum atomic E-state index is 13.4. The van der Waals surface area contributed by atoms with Crippen LogP contribution >= 0.6 is 0 Å². The van der Waals surface area contributed by atoms with Crippen LogP contribution in [0.25, 0.3) is 0 Å². The molecule has 232 valence electrons. The van der Waals surface area contributed by atoms with Gasteiger partial charge >= 0.3 is 12.0 Å². The van der Waals surface area contributed by atoms with Crippen LogP contribution in [0.2, 0.25) is 0 Å². The van der Waals surface area contributed by atoms with Crippen LogP contribution in [0.4, 0.5) is 16.4 Å². The van der Waals surface area contributed by atoms with Crippen LogP contribution in [0.3, 0.4) is 0 Å². The molecule has 5 rings (SSSR count). The lowest BCUT2D eigenvalue weighted by atomic mass is 10.0. The van der Waals surface area contributed by atoms with Gasteiger partial charge in [0.15, 0.2) is 0 Å². The van der Waals surface area contributed by atoms with E-state index in [0.29, 0.717) is 61.8 Å². The molecule has 0 spiro atoms. The number of hydrazine groups is 1. The van der Waals surface area contributed by atoms with E-state index < -0.39 is 12.0 Å². The van der Waals surface area contributed by atoms with E-state index in [4.69, 9.17) is 15.6 Å². The number of amides is 3. The number of urea groups is 1. The number of nitrogens with one attached hydrogen (secondary N) is 3. The molecule has 0 saturated carbocycles. The second-order valence-corrected chi connectivity index (χ2v) is 10.7. The first-order valence-corrected chi connectivity index (χ1v) is 14.6. The molecule has 0 bridgehead atoms. The van der Waals surface area contributed by atoms with Gasteiger partial charge in [0.25, 0.3) is 5.91 Å². The molecule has 14 nitrogen and oxygen atoms in total. The topological polar surface area (TPSA) is 188 Å². The highest BCUT2D eigenvalue weighted by Crippen LogP contribution is 2.29. The Bertz CT molecular complexity index is 1480. The number of carboxylic acids is 1. The number of carbonyl (C=O) groups excluding carboxylic acids is 2. The molecular formula is C30H37N9O5. The van der Waals surface area contributed by atoms with Crippen molar-refractivity contribution < 1.29 is 24.2 Å². The monoisotopic (exact) mass is 603 g/mol. The Morgan fingerprint density at radius 3 is 2.75 bits per heavy atom. The second-order valence-electron chi connectivity index (χ2n) is 10.7. The lowest BCUT2D eigenvalue weighted by molar-refractivity contribution is -0.138. The number of nitrogen functional groups attached to an aromatic ring is 1. The number of methoxy groups -OCH3 is 1. The Morgan fingerprint density at radius 2 is 2.05 bits per heavy atom. The molecule has 0 unspecified atom stereocenters. The number of carboxylic acid groups (broad SMARTS) is 1. The number of nitrogens with two attached hydrogens (primary N) is 1. The summed E-state index contributed by atoms with van der Waals surface area (Å²) < 4.78 is 5.11. The third kappa shape index (κ3) is 7.14. The summed E-state index contributed by atoms with van der Waals surface area (Å²) in [5, 5.41) is 15.9. The summed E-state index contributed by atoms with van der Waals surface area (Å²) in [7, 11) is 1.51. The average molecular weight is 604 g/mol. The normalized spacial score (nSPS) is 14.9. The van der Waals surface area contributed by atoms with Crippen molar-refractivity contribution in [1.82, 2.24) is 30.1 Å². The first-order chi connectivity index (χ1) is 21.4. The van der Waals surface area contributed by atoms with Gasteiger partial charge in [-0.1, -0.05) is 6.07 Å². The fraction of sp³-hybridized carbons (Fsp3) is 0.400. The zero-order chi connectivity index (χ0) is 31.1. The fourth-order valence-corrected chi connectivity index (χ4v) is 5.55. The molecule has 44 heavy (non-hydrogen) atoms. The van der Waals surface area contributed by atoms with E-state index in [-0.39, 0.29) is 18.4 Å². The lowest BCUT2D eigenvalue weighted by Gasteiger charge is -2.27. The highest BCUT2D eigenvalue weighted by molar-refractivity contribution is 5.94. The quantitative estimate of drug-likeness (QED) is 0.142. The molecule has 0 radical (unpaired) electrons. The fourth-order valence-electron chi connectivity index (χ4n) is 5.55. The standard InChI is InChI=1S/C30H37N9O5/c1-44-26-9-7-20(16-34-26)24(15-27(40)41)39-13-12-38(30(39)43)11-3-5-23-22(14-19-4-2-10-32-28(19)36-23)18-35-29(42)21-6-8-25(37-31)33-17-21/h6-9,14,16-17,24H,2-5,10-13,15,18,31H2,1H3,(H,32,36)(H,33,37)(H,35,42)(H,40,41)/t24-/m0/s1. The molecule has 14 heteroatoms. The summed E-state index contributed by atoms with van der Waals surface area (Å²) in [5.74, 6) is 5.85. The van der Waals surface area contributed by atoms with E-state index in [9.17, 15) is 19.5 Å². The smallest absolute Gasteiger partial charge is 0.320 e. The average Bonchev–Trinajstić information content (AvgIpc) is 3.41. The number of pyridine rings is 3. The molecule has 3 amide bonds. The number of carbonyl (C=O) groups is 3. The van der Waals surface area contributed by atoms with Gasteiger partial charge in [0.05, 0.1) is 25.1 Å². The molecule has 2 aliphatic heterocycles. The van der Waals surface area contributed by atoms with Crippen molar-refractivity contribution in [2.75, 3.05) is 44.0 Å². The van der Waals surface area contributed by atoms with Crippen molar-refractivity contribution in [3.05, 3.63) is 70.7 Å². The van der Waals surface area contributed by atoms with Gasteiger partial charge in [0.1, 0.15) is 11.6 Å². The zero-order valence-electron chi connectivity index (χ0n) is 24.6. The lowest BCUT2D eigenvalue weighted by Crippen LogP contribution is -2.36. The van der Waals surface area contributed by atoms with E-state index in [0.717, 1.165) is 42.0 Å². The maximum Gasteiger partial charge on any atom is 0.320 e. The first kappa shape index (κ1) is 30.5. The predicted molar refractivity (Wildman–Crippen MR) is 162 cm³/mol.